The van der Waals surface area contributed by atoms with Crippen LogP contribution in [-0.2, 0) is 19.1 Å². The summed E-state index contributed by atoms with van der Waals surface area (Å²) in [5.41, 5.74) is 0. The highest BCUT2D eigenvalue weighted by molar-refractivity contribution is 7.86. The van der Waals surface area contributed by atoms with E-state index in [0.29, 0.717) is 6.42 Å². The van der Waals surface area contributed by atoms with Crippen molar-refractivity contribution in [2.24, 2.45) is 0 Å². The molecule has 0 saturated carbocycles. The molecule has 0 aromatic carbocycles. The maximum Gasteiger partial charge on any atom is 0.268 e. The lowest BCUT2D eigenvalue weighted by Gasteiger charge is -2.22. The zero-order valence-corrected chi connectivity index (χ0v) is 30.4. The molecule has 1 amide bonds. The van der Waals surface area contributed by atoms with Gasteiger partial charge < -0.3 is 15.7 Å². The van der Waals surface area contributed by atoms with Crippen molar-refractivity contribution in [1.29, 1.82) is 0 Å². The van der Waals surface area contributed by atoms with Gasteiger partial charge >= 0.3 is 0 Å². The van der Waals surface area contributed by atoms with Crippen LogP contribution in [0.15, 0.2) is 24.3 Å². The summed E-state index contributed by atoms with van der Waals surface area (Å²) in [6.45, 7) is 4.48. The van der Waals surface area contributed by atoms with E-state index in [1.807, 2.05) is 6.08 Å². The molecule has 0 aromatic heterocycles. The number of rotatable bonds is 34. The summed E-state index contributed by atoms with van der Waals surface area (Å²) in [5, 5.41) is 16.4. The predicted molar refractivity (Wildman–Crippen MR) is 192 cm³/mol. The summed E-state index contributed by atoms with van der Waals surface area (Å²) in [5.74, 6) is -0.347. The number of nitrogens with one attached hydrogen (secondary N) is 2. The van der Waals surface area contributed by atoms with Gasteiger partial charge in [-0.15, -0.1) is 0 Å². The second kappa shape index (κ2) is 32.7. The summed E-state index contributed by atoms with van der Waals surface area (Å²) in [4.78, 5) is 12.7. The summed E-state index contributed by atoms with van der Waals surface area (Å²) in [6.07, 6.45) is 35.3. The summed E-state index contributed by atoms with van der Waals surface area (Å²) >= 11 is 0. The second-order valence-electron chi connectivity index (χ2n) is 12.7. The minimum absolute atomic E-state index is 0.166. The van der Waals surface area contributed by atoms with Gasteiger partial charge in [-0.05, 0) is 39.2 Å². The Hall–Kier alpha value is -1.22. The molecule has 45 heavy (non-hydrogen) atoms. The molecule has 3 N–H and O–H groups in total. The average Bonchev–Trinajstić information content (AvgIpc) is 3.02. The van der Waals surface area contributed by atoms with Gasteiger partial charge in [-0.2, -0.15) is 8.42 Å². The Morgan fingerprint density at radius 2 is 1.16 bits per heavy atom. The van der Waals surface area contributed by atoms with E-state index in [0.717, 1.165) is 38.5 Å². The Balaban J connectivity index is 4.39. The first-order chi connectivity index (χ1) is 21.9. The third-order valence-electron chi connectivity index (χ3n) is 8.27. The van der Waals surface area contributed by atoms with Crippen molar-refractivity contribution < 1.29 is 22.5 Å². The monoisotopic (exact) mass is 657 g/mol. The second-order valence-corrected chi connectivity index (χ2v) is 14.5. The van der Waals surface area contributed by atoms with Crippen LogP contribution in [0.5, 0.6) is 0 Å². The molecular formula is C37H72N2O5S. The fourth-order valence-electron chi connectivity index (χ4n) is 5.29. The normalized spacial score (nSPS) is 13.6. The summed E-state index contributed by atoms with van der Waals surface area (Å²) in [7, 11) is -2.08. The molecule has 0 bridgehead atoms. The van der Waals surface area contributed by atoms with Gasteiger partial charge in [-0.3, -0.25) is 8.98 Å². The minimum Gasteiger partial charge on any atom is -0.387 e. The number of allylic oxidation sites excluding steroid dienone is 3. The van der Waals surface area contributed by atoms with Crippen LogP contribution in [0.1, 0.15) is 168 Å². The molecule has 0 fully saturated rings. The Kier molecular flexibility index (Phi) is 31.8. The van der Waals surface area contributed by atoms with E-state index in [2.05, 4.69) is 36.6 Å². The van der Waals surface area contributed by atoms with Crippen LogP contribution >= 0.6 is 0 Å². The number of unbranched alkanes of at least 4 members (excludes halogenated alkanes) is 20. The molecule has 2 unspecified atom stereocenters. The number of hydrogen-bond acceptors (Lipinski definition) is 6. The van der Waals surface area contributed by atoms with E-state index in [4.69, 9.17) is 4.18 Å². The maximum absolute atomic E-state index is 12.7. The van der Waals surface area contributed by atoms with Crippen LogP contribution in [0.2, 0.25) is 0 Å². The Morgan fingerprint density at radius 3 is 1.69 bits per heavy atom. The van der Waals surface area contributed by atoms with Gasteiger partial charge in [-0.1, -0.05) is 154 Å². The molecule has 0 saturated heterocycles. The minimum atomic E-state index is -3.76. The van der Waals surface area contributed by atoms with E-state index in [9.17, 15) is 18.3 Å². The number of aliphatic hydroxyl groups is 1. The number of hydrogen-bond donors (Lipinski definition) is 3. The van der Waals surface area contributed by atoms with Crippen LogP contribution in [0, 0.1) is 0 Å². The van der Waals surface area contributed by atoms with Crippen molar-refractivity contribution in [3.63, 3.8) is 0 Å². The first kappa shape index (κ1) is 43.8. The van der Waals surface area contributed by atoms with Gasteiger partial charge in [0.15, 0.2) is 0 Å². The molecule has 266 valence electrons. The van der Waals surface area contributed by atoms with Crippen molar-refractivity contribution in [2.75, 3.05) is 26.0 Å². The van der Waals surface area contributed by atoms with Gasteiger partial charge in [-0.25, -0.2) is 0 Å². The topological polar surface area (TPSA) is 105 Å². The zero-order chi connectivity index (χ0) is 33.3. The highest BCUT2D eigenvalue weighted by Gasteiger charge is 2.23. The molecule has 0 aromatic rings. The number of carbonyl (C=O) groups excluding carboxylic acids is 1. The van der Waals surface area contributed by atoms with Crippen LogP contribution in [0.25, 0.3) is 0 Å². The van der Waals surface area contributed by atoms with Crippen molar-refractivity contribution in [1.82, 2.24) is 10.6 Å². The van der Waals surface area contributed by atoms with Crippen LogP contribution in [-0.4, -0.2) is 57.5 Å². The van der Waals surface area contributed by atoms with E-state index in [1.165, 1.54) is 109 Å². The first-order valence-corrected chi connectivity index (χ1v) is 20.2. The third kappa shape index (κ3) is 31.2. The van der Waals surface area contributed by atoms with Crippen LogP contribution in [0.3, 0.4) is 0 Å². The first-order valence-electron chi connectivity index (χ1n) is 18.7. The van der Waals surface area contributed by atoms with Crippen molar-refractivity contribution >= 4 is 16.0 Å². The summed E-state index contributed by atoms with van der Waals surface area (Å²) in [6, 6.07) is -0.826. The predicted octanol–water partition coefficient (Wildman–Crippen LogP) is 8.91. The van der Waals surface area contributed by atoms with Crippen LogP contribution in [0.4, 0.5) is 0 Å². The third-order valence-corrected chi connectivity index (χ3v) is 9.47. The summed E-state index contributed by atoms with van der Waals surface area (Å²) < 4.78 is 29.6. The molecule has 8 heteroatoms. The quantitative estimate of drug-likeness (QED) is 0.0363. The van der Waals surface area contributed by atoms with Crippen molar-refractivity contribution in [3.05, 3.63) is 24.3 Å². The highest BCUT2D eigenvalue weighted by Crippen LogP contribution is 2.13. The average molecular weight is 657 g/mol. The van der Waals surface area contributed by atoms with E-state index >= 15 is 0 Å². The fraction of sp³-hybridized carbons (Fsp3) is 0.865. The molecule has 0 heterocycles. The van der Waals surface area contributed by atoms with Gasteiger partial charge in [0.25, 0.3) is 10.1 Å². The SMILES string of the molecule is CCCCCCCCCC=CCCC=CC(O)C(COS(=O)(=O)CCNC)NC(=O)CCCCCCCCCCCCCCC. The van der Waals surface area contributed by atoms with Crippen molar-refractivity contribution in [2.45, 2.75) is 180 Å². The molecule has 2 atom stereocenters. The van der Waals surface area contributed by atoms with Gasteiger partial charge in [0, 0.05) is 13.0 Å². The largest absolute Gasteiger partial charge is 0.387 e. The van der Waals surface area contributed by atoms with E-state index in [1.54, 1.807) is 13.1 Å². The molecular weight excluding hydrogens is 584 g/mol. The number of aliphatic hydroxyl groups excluding tert-OH is 1. The smallest absolute Gasteiger partial charge is 0.268 e. The molecule has 0 aliphatic rings. The lowest BCUT2D eigenvalue weighted by Crippen LogP contribution is -2.46. The van der Waals surface area contributed by atoms with Gasteiger partial charge in [0.2, 0.25) is 5.91 Å². The molecule has 7 nitrogen and oxygen atoms in total. The highest BCUT2D eigenvalue weighted by atomic mass is 32.2. The van der Waals surface area contributed by atoms with Gasteiger partial charge in [0.1, 0.15) is 0 Å². The van der Waals surface area contributed by atoms with E-state index < -0.39 is 22.3 Å². The molecule has 0 radical (unpaired) electrons. The molecule has 0 aliphatic carbocycles. The van der Waals surface area contributed by atoms with Crippen LogP contribution < -0.4 is 10.6 Å². The Labute approximate surface area is 279 Å². The van der Waals surface area contributed by atoms with E-state index in [-0.39, 0.29) is 24.8 Å². The lowest BCUT2D eigenvalue weighted by atomic mass is 10.0. The maximum atomic E-state index is 12.7. The van der Waals surface area contributed by atoms with Crippen molar-refractivity contribution in [3.8, 4) is 0 Å². The molecule has 0 rings (SSSR count). The zero-order valence-electron chi connectivity index (χ0n) is 29.5. The Morgan fingerprint density at radius 1 is 0.689 bits per heavy atom. The standard InChI is InChI=1S/C37H72N2O5S/c1-4-6-8-10-12-14-16-18-20-22-24-26-28-30-36(40)35(34-44-45(42,43)33-32-38-3)39-37(41)31-29-27-25-23-21-19-17-15-13-11-9-7-5-2/h20,22,28,30,35-36,38,40H,4-19,21,23-27,29,31-34H2,1-3H3,(H,39,41). The van der Waals surface area contributed by atoms with Gasteiger partial charge in [0.05, 0.1) is 24.5 Å². The lowest BCUT2D eigenvalue weighted by molar-refractivity contribution is -0.122. The molecule has 0 spiro atoms. The molecule has 0 aliphatic heterocycles. The number of amides is 1. The fourth-order valence-corrected chi connectivity index (χ4v) is 6.21. The Bertz CT molecular complexity index is 816. The number of carbonyl (C=O) groups is 1.